The molecule has 2 amide bonds. The Morgan fingerprint density at radius 2 is 1.65 bits per heavy atom. The average Bonchev–Trinajstić information content (AvgIpc) is 2.28. The minimum absolute atomic E-state index is 0.193. The number of amides is 2. The molecule has 0 aromatic rings. The van der Waals surface area contributed by atoms with Gasteiger partial charge in [-0.25, -0.2) is 0 Å². The summed E-state index contributed by atoms with van der Waals surface area (Å²) in [6, 6.07) is 0. The molecule has 0 saturated heterocycles. The van der Waals surface area contributed by atoms with Gasteiger partial charge in [-0.1, -0.05) is 0 Å². The molecule has 0 heterocycles. The summed E-state index contributed by atoms with van der Waals surface area (Å²) >= 11 is 0. The third kappa shape index (κ3) is 5.29. The summed E-state index contributed by atoms with van der Waals surface area (Å²) in [6.45, 7) is -0.508. The van der Waals surface area contributed by atoms with Crippen molar-refractivity contribution in [3.05, 3.63) is 0 Å². The van der Waals surface area contributed by atoms with Crippen molar-refractivity contribution in [2.45, 2.75) is 17.9 Å². The molecule has 0 fully saturated rings. The van der Waals surface area contributed by atoms with Gasteiger partial charge in [0.05, 0.1) is 6.54 Å². The molecule has 0 aromatic heterocycles. The molecule has 13 heteroatoms. The van der Waals surface area contributed by atoms with Gasteiger partial charge in [0.1, 0.15) is 0 Å². The van der Waals surface area contributed by atoms with Crippen molar-refractivity contribution in [3.8, 4) is 0 Å². The predicted molar refractivity (Wildman–Crippen MR) is 65.3 cm³/mol. The van der Waals surface area contributed by atoms with E-state index >= 15 is 0 Å². The van der Waals surface area contributed by atoms with Crippen LogP contribution in [0.2, 0.25) is 0 Å². The smallest absolute Gasteiger partial charge is 0.368 e. The lowest BCUT2D eigenvalue weighted by Crippen LogP contribution is -2.35. The number of hydrogen-bond acceptors (Lipinski definition) is 5. The van der Waals surface area contributed by atoms with Crippen LogP contribution in [-0.2, 0) is 18.7 Å². The van der Waals surface area contributed by atoms with E-state index < -0.39 is 32.6 Å². The van der Waals surface area contributed by atoms with Crippen LogP contribution in [-0.4, -0.2) is 55.2 Å². The van der Waals surface area contributed by atoms with Crippen LogP contribution in [0, 0.1) is 0 Å². The largest absolute Gasteiger partial charge is 0.369 e. The molecule has 0 unspecified atom stereocenters. The van der Waals surface area contributed by atoms with Crippen LogP contribution in [0.15, 0.2) is 0 Å². The normalized spacial score (nSPS) is 12.8. The fourth-order valence-electron chi connectivity index (χ4n) is 1.21. The number of carbonyl (C=O) groups is 2. The standard InChI is InChI=1S/C7H16N2O9P2/c10-5-8-4-6(11)9-3-1-2-7(12,19(13,14)15)20(16,17)18/h5,12H,1-4H2,(H,8,10)(H,9,11)(H2,13,14,15)(H2,16,17,18). The Labute approximate surface area is 113 Å². The molecular formula is C7H16N2O9P2. The van der Waals surface area contributed by atoms with Crippen molar-refractivity contribution < 1.29 is 43.4 Å². The molecule has 0 aromatic carbocycles. The molecule has 7 N–H and O–H groups in total. The summed E-state index contributed by atoms with van der Waals surface area (Å²) < 4.78 is 22.0. The summed E-state index contributed by atoms with van der Waals surface area (Å²) in [4.78, 5) is 56.2. The first kappa shape index (κ1) is 19.2. The highest BCUT2D eigenvalue weighted by molar-refractivity contribution is 7.72. The van der Waals surface area contributed by atoms with Crippen LogP contribution in [0.4, 0.5) is 0 Å². The fourth-order valence-corrected chi connectivity index (χ4v) is 3.47. The van der Waals surface area contributed by atoms with Crippen molar-refractivity contribution in [2.75, 3.05) is 13.1 Å². The van der Waals surface area contributed by atoms with Gasteiger partial charge in [-0.05, 0) is 6.42 Å². The highest BCUT2D eigenvalue weighted by atomic mass is 31.2. The van der Waals surface area contributed by atoms with Gasteiger partial charge in [-0.3, -0.25) is 18.7 Å². The van der Waals surface area contributed by atoms with Gasteiger partial charge in [-0.15, -0.1) is 0 Å². The van der Waals surface area contributed by atoms with E-state index in [1.165, 1.54) is 0 Å². The van der Waals surface area contributed by atoms with Gasteiger partial charge >= 0.3 is 15.2 Å². The molecule has 0 bridgehead atoms. The summed E-state index contributed by atoms with van der Waals surface area (Å²) in [6.07, 6.45) is -0.914. The first-order valence-corrected chi connectivity index (χ1v) is 8.45. The molecule has 11 nitrogen and oxygen atoms in total. The molecule has 0 radical (unpaired) electrons. The van der Waals surface area contributed by atoms with Crippen molar-refractivity contribution in [1.82, 2.24) is 10.6 Å². The Morgan fingerprint density at radius 1 is 1.15 bits per heavy atom. The van der Waals surface area contributed by atoms with Crippen LogP contribution >= 0.6 is 15.2 Å². The zero-order valence-electron chi connectivity index (χ0n) is 10.2. The van der Waals surface area contributed by atoms with Crippen molar-refractivity contribution in [2.24, 2.45) is 0 Å². The second-order valence-electron chi connectivity index (χ2n) is 3.81. The summed E-state index contributed by atoms with van der Waals surface area (Å²) in [5.41, 5.74) is 0. The van der Waals surface area contributed by atoms with Crippen LogP contribution in [0.5, 0.6) is 0 Å². The highest BCUT2D eigenvalue weighted by Gasteiger charge is 2.58. The number of carbonyl (C=O) groups excluding carboxylic acids is 2. The predicted octanol–water partition coefficient (Wildman–Crippen LogP) is -2.37. The molecule has 20 heavy (non-hydrogen) atoms. The monoisotopic (exact) mass is 334 g/mol. The van der Waals surface area contributed by atoms with E-state index in [9.17, 15) is 23.8 Å². The fraction of sp³-hybridized carbons (Fsp3) is 0.714. The Bertz CT molecular complexity index is 420. The van der Waals surface area contributed by atoms with E-state index in [-0.39, 0.29) is 19.5 Å². The van der Waals surface area contributed by atoms with E-state index in [1.807, 2.05) is 0 Å². The Morgan fingerprint density at radius 3 is 2.05 bits per heavy atom. The molecule has 0 aliphatic heterocycles. The van der Waals surface area contributed by atoms with E-state index in [0.717, 1.165) is 0 Å². The number of aliphatic hydroxyl groups is 1. The maximum absolute atomic E-state index is 11.0. The zero-order chi connectivity index (χ0) is 16.0. The van der Waals surface area contributed by atoms with Gasteiger partial charge in [0, 0.05) is 13.0 Å². The molecule has 0 aliphatic carbocycles. The van der Waals surface area contributed by atoms with Crippen LogP contribution in [0.25, 0.3) is 0 Å². The maximum atomic E-state index is 11.0. The molecule has 118 valence electrons. The first-order chi connectivity index (χ1) is 8.95. The molecule has 0 atom stereocenters. The molecule has 0 saturated carbocycles. The highest BCUT2D eigenvalue weighted by Crippen LogP contribution is 2.69. The van der Waals surface area contributed by atoms with Gasteiger partial charge in [0.2, 0.25) is 12.3 Å². The van der Waals surface area contributed by atoms with Gasteiger partial charge in [-0.2, -0.15) is 0 Å². The summed E-state index contributed by atoms with van der Waals surface area (Å²) in [5, 5.41) is 10.3. The maximum Gasteiger partial charge on any atom is 0.369 e. The van der Waals surface area contributed by atoms with E-state index in [0.29, 0.717) is 6.41 Å². The summed E-state index contributed by atoms with van der Waals surface area (Å²) in [5.74, 6) is -0.604. The lowest BCUT2D eigenvalue weighted by atomic mass is 10.3. The van der Waals surface area contributed by atoms with Crippen LogP contribution in [0.1, 0.15) is 12.8 Å². The first-order valence-electron chi connectivity index (χ1n) is 5.23. The topological polar surface area (TPSA) is 193 Å². The lowest BCUT2D eigenvalue weighted by Gasteiger charge is -2.29. The molecular weight excluding hydrogens is 318 g/mol. The van der Waals surface area contributed by atoms with Gasteiger partial charge < -0.3 is 35.3 Å². The van der Waals surface area contributed by atoms with Crippen LogP contribution < -0.4 is 10.6 Å². The quantitative estimate of drug-likeness (QED) is 0.137. The van der Waals surface area contributed by atoms with Crippen molar-refractivity contribution in [3.63, 3.8) is 0 Å². The third-order valence-corrected chi connectivity index (χ3v) is 6.17. The van der Waals surface area contributed by atoms with E-state index in [2.05, 4.69) is 10.6 Å². The summed E-state index contributed by atoms with van der Waals surface area (Å²) in [7, 11) is -10.9. The van der Waals surface area contributed by atoms with Gasteiger partial charge in [0.25, 0.3) is 5.08 Å². The SMILES string of the molecule is O=CNCC(=O)NCCCC(O)(P(=O)(O)O)P(=O)(O)O. The minimum atomic E-state index is -5.47. The molecule has 0 aliphatic rings. The van der Waals surface area contributed by atoms with E-state index in [4.69, 9.17) is 19.6 Å². The second-order valence-corrected chi connectivity index (χ2v) is 7.82. The lowest BCUT2D eigenvalue weighted by molar-refractivity contribution is -0.122. The Hall–Kier alpha value is -0.800. The second kappa shape index (κ2) is 7.28. The average molecular weight is 334 g/mol. The zero-order valence-corrected chi connectivity index (χ0v) is 12.0. The van der Waals surface area contributed by atoms with Crippen molar-refractivity contribution >= 4 is 27.5 Å². The third-order valence-electron chi connectivity index (χ3n) is 2.29. The number of rotatable bonds is 9. The minimum Gasteiger partial charge on any atom is -0.368 e. The van der Waals surface area contributed by atoms with E-state index in [1.54, 1.807) is 0 Å². The van der Waals surface area contributed by atoms with Gasteiger partial charge in [0.15, 0.2) is 0 Å². The van der Waals surface area contributed by atoms with Crippen LogP contribution in [0.3, 0.4) is 0 Å². The number of hydrogen-bond donors (Lipinski definition) is 7. The Balaban J connectivity index is 4.46. The Kier molecular flexibility index (Phi) is 6.99. The van der Waals surface area contributed by atoms with Crippen molar-refractivity contribution in [1.29, 1.82) is 0 Å². The number of nitrogens with one attached hydrogen (secondary N) is 2. The molecule has 0 spiro atoms. The molecule has 0 rings (SSSR count).